The average molecular weight is 330 g/mol. The zero-order chi connectivity index (χ0) is 17.2. The van der Waals surface area contributed by atoms with Gasteiger partial charge in [-0.1, -0.05) is 12.1 Å². The summed E-state index contributed by atoms with van der Waals surface area (Å²) in [5, 5.41) is 13.8. The Kier molecular flexibility index (Phi) is 6.97. The van der Waals surface area contributed by atoms with Crippen molar-refractivity contribution in [3.63, 3.8) is 0 Å². The Morgan fingerprint density at radius 3 is 2.46 bits per heavy atom. The number of ether oxygens (including phenoxy) is 2. The van der Waals surface area contributed by atoms with E-state index in [2.05, 4.69) is 20.8 Å². The molecule has 0 bridgehead atoms. The molecule has 7 heteroatoms. The third kappa shape index (κ3) is 5.51. The van der Waals surface area contributed by atoms with Crippen molar-refractivity contribution < 1.29 is 14.3 Å². The molecule has 0 saturated carbocycles. The lowest BCUT2D eigenvalue weighted by atomic mass is 10.1. The van der Waals surface area contributed by atoms with Crippen molar-refractivity contribution in [3.05, 3.63) is 47.7 Å². The summed E-state index contributed by atoms with van der Waals surface area (Å²) in [5.74, 6) is 1.19. The molecule has 2 N–H and O–H groups in total. The number of nitrogens with zero attached hydrogens (tertiary/aromatic N) is 2. The number of aromatic nitrogens is 2. The Hall–Kier alpha value is -2.67. The highest BCUT2D eigenvalue weighted by molar-refractivity contribution is 5.92. The van der Waals surface area contributed by atoms with Gasteiger partial charge in [0.15, 0.2) is 5.69 Å². The largest absolute Gasteiger partial charge is 0.497 e. The molecular formula is C17H22N4O3. The van der Waals surface area contributed by atoms with Gasteiger partial charge in [0, 0.05) is 20.2 Å². The van der Waals surface area contributed by atoms with Crippen LogP contribution in [0.25, 0.3) is 0 Å². The number of amides is 1. The molecule has 24 heavy (non-hydrogen) atoms. The summed E-state index contributed by atoms with van der Waals surface area (Å²) in [4.78, 5) is 12.0. The zero-order valence-electron chi connectivity index (χ0n) is 13.9. The lowest BCUT2D eigenvalue weighted by Crippen LogP contribution is -2.26. The minimum absolute atomic E-state index is 0.237. The van der Waals surface area contributed by atoms with Gasteiger partial charge >= 0.3 is 0 Å². The first-order valence-corrected chi connectivity index (χ1v) is 7.70. The fourth-order valence-corrected chi connectivity index (χ4v) is 2.03. The van der Waals surface area contributed by atoms with Crippen LogP contribution in [-0.2, 0) is 11.2 Å². The van der Waals surface area contributed by atoms with Gasteiger partial charge in [-0.15, -0.1) is 10.2 Å². The van der Waals surface area contributed by atoms with Crippen LogP contribution in [0.2, 0.25) is 0 Å². The van der Waals surface area contributed by atoms with E-state index in [1.54, 1.807) is 26.4 Å². The van der Waals surface area contributed by atoms with E-state index < -0.39 is 0 Å². The third-order valence-corrected chi connectivity index (χ3v) is 3.37. The van der Waals surface area contributed by atoms with Gasteiger partial charge in [-0.25, -0.2) is 0 Å². The molecule has 7 nitrogen and oxygen atoms in total. The normalized spacial score (nSPS) is 10.2. The van der Waals surface area contributed by atoms with Crippen LogP contribution in [0.3, 0.4) is 0 Å². The SMILES string of the molecule is COCCNc1ccc(C(=O)NCCc2ccc(OC)cc2)nn1. The maximum absolute atomic E-state index is 12.0. The minimum Gasteiger partial charge on any atom is -0.497 e. The smallest absolute Gasteiger partial charge is 0.271 e. The first-order valence-electron chi connectivity index (χ1n) is 7.70. The molecular weight excluding hydrogens is 308 g/mol. The summed E-state index contributed by atoms with van der Waals surface area (Å²) in [6.07, 6.45) is 0.736. The Labute approximate surface area is 141 Å². The van der Waals surface area contributed by atoms with Gasteiger partial charge in [0.2, 0.25) is 0 Å². The number of hydrogen-bond acceptors (Lipinski definition) is 6. The lowest BCUT2D eigenvalue weighted by molar-refractivity contribution is 0.0948. The first-order chi connectivity index (χ1) is 11.7. The van der Waals surface area contributed by atoms with E-state index in [0.717, 1.165) is 17.7 Å². The highest BCUT2D eigenvalue weighted by Gasteiger charge is 2.07. The quantitative estimate of drug-likeness (QED) is 0.678. The highest BCUT2D eigenvalue weighted by Crippen LogP contribution is 2.11. The van der Waals surface area contributed by atoms with E-state index in [0.29, 0.717) is 31.2 Å². The number of benzene rings is 1. The van der Waals surface area contributed by atoms with E-state index >= 15 is 0 Å². The predicted molar refractivity (Wildman–Crippen MR) is 91.4 cm³/mol. The number of anilines is 1. The van der Waals surface area contributed by atoms with E-state index in [9.17, 15) is 4.79 Å². The summed E-state index contributed by atoms with van der Waals surface area (Å²) in [6.45, 7) is 1.74. The van der Waals surface area contributed by atoms with Gasteiger partial charge in [0.25, 0.3) is 5.91 Å². The monoisotopic (exact) mass is 330 g/mol. The van der Waals surface area contributed by atoms with Crippen LogP contribution in [-0.4, -0.2) is 50.0 Å². The molecule has 1 aromatic carbocycles. The zero-order valence-corrected chi connectivity index (χ0v) is 13.9. The van der Waals surface area contributed by atoms with Crippen molar-refractivity contribution in [1.29, 1.82) is 0 Å². The van der Waals surface area contributed by atoms with Crippen molar-refractivity contribution in [3.8, 4) is 5.75 Å². The second kappa shape index (κ2) is 9.46. The Balaban J connectivity index is 1.77. The number of rotatable bonds is 9. The average Bonchev–Trinajstić information content (AvgIpc) is 2.63. The number of carbonyl (C=O) groups excluding carboxylic acids is 1. The third-order valence-electron chi connectivity index (χ3n) is 3.37. The van der Waals surface area contributed by atoms with Crippen LogP contribution in [0.15, 0.2) is 36.4 Å². The van der Waals surface area contributed by atoms with Gasteiger partial charge in [-0.3, -0.25) is 4.79 Å². The number of hydrogen-bond donors (Lipinski definition) is 2. The molecule has 0 spiro atoms. The highest BCUT2D eigenvalue weighted by atomic mass is 16.5. The van der Waals surface area contributed by atoms with Crippen molar-refractivity contribution in [2.75, 3.05) is 39.2 Å². The number of methoxy groups -OCH3 is 2. The van der Waals surface area contributed by atoms with Gasteiger partial charge < -0.3 is 20.1 Å². The van der Waals surface area contributed by atoms with Crippen molar-refractivity contribution in [2.45, 2.75) is 6.42 Å². The van der Waals surface area contributed by atoms with Crippen molar-refractivity contribution in [2.24, 2.45) is 0 Å². The molecule has 0 aliphatic carbocycles. The van der Waals surface area contributed by atoms with Crippen molar-refractivity contribution >= 4 is 11.7 Å². The van der Waals surface area contributed by atoms with Gasteiger partial charge in [-0.05, 0) is 36.2 Å². The molecule has 0 fully saturated rings. The first kappa shape index (κ1) is 17.7. The molecule has 1 aromatic heterocycles. The fourth-order valence-electron chi connectivity index (χ4n) is 2.03. The Bertz CT molecular complexity index is 629. The maximum atomic E-state index is 12.0. The molecule has 0 unspecified atom stereocenters. The van der Waals surface area contributed by atoms with Gasteiger partial charge in [0.05, 0.1) is 13.7 Å². The summed E-state index contributed by atoms with van der Waals surface area (Å²) >= 11 is 0. The predicted octanol–water partition coefficient (Wildman–Crippen LogP) is 1.52. The maximum Gasteiger partial charge on any atom is 0.271 e. The lowest BCUT2D eigenvalue weighted by Gasteiger charge is -2.07. The second-order valence-corrected chi connectivity index (χ2v) is 5.08. The minimum atomic E-state index is -0.237. The van der Waals surface area contributed by atoms with Crippen LogP contribution < -0.4 is 15.4 Å². The van der Waals surface area contributed by atoms with E-state index in [1.807, 2.05) is 24.3 Å². The van der Waals surface area contributed by atoms with E-state index in [4.69, 9.17) is 9.47 Å². The summed E-state index contributed by atoms with van der Waals surface area (Å²) in [5.41, 5.74) is 1.42. The molecule has 0 radical (unpaired) electrons. The van der Waals surface area contributed by atoms with Crippen molar-refractivity contribution in [1.82, 2.24) is 15.5 Å². The molecule has 128 valence electrons. The standard InChI is InChI=1S/C17H22N4O3/c1-23-12-11-18-16-8-7-15(20-21-16)17(22)19-10-9-13-3-5-14(24-2)6-4-13/h3-8H,9-12H2,1-2H3,(H,18,21)(H,19,22). The van der Waals surface area contributed by atoms with E-state index in [1.165, 1.54) is 0 Å². The topological polar surface area (TPSA) is 85.4 Å². The van der Waals surface area contributed by atoms with Crippen LogP contribution >= 0.6 is 0 Å². The molecule has 2 rings (SSSR count). The molecule has 0 atom stereocenters. The van der Waals surface area contributed by atoms with Crippen LogP contribution in [0, 0.1) is 0 Å². The van der Waals surface area contributed by atoms with Gasteiger partial charge in [0.1, 0.15) is 11.6 Å². The van der Waals surface area contributed by atoms with Gasteiger partial charge in [-0.2, -0.15) is 0 Å². The molecule has 1 amide bonds. The Morgan fingerprint density at radius 1 is 1.04 bits per heavy atom. The Morgan fingerprint density at radius 2 is 1.83 bits per heavy atom. The molecule has 0 aliphatic heterocycles. The fraction of sp³-hybridized carbons (Fsp3) is 0.353. The van der Waals surface area contributed by atoms with Crippen LogP contribution in [0.5, 0.6) is 5.75 Å². The second-order valence-electron chi connectivity index (χ2n) is 5.08. The summed E-state index contributed by atoms with van der Waals surface area (Å²) < 4.78 is 10.1. The molecule has 0 saturated heterocycles. The molecule has 1 heterocycles. The summed E-state index contributed by atoms with van der Waals surface area (Å²) in [6, 6.07) is 11.1. The molecule has 2 aromatic rings. The summed E-state index contributed by atoms with van der Waals surface area (Å²) in [7, 11) is 3.27. The van der Waals surface area contributed by atoms with Crippen LogP contribution in [0.4, 0.5) is 5.82 Å². The molecule has 0 aliphatic rings. The van der Waals surface area contributed by atoms with Crippen LogP contribution in [0.1, 0.15) is 16.1 Å². The van der Waals surface area contributed by atoms with E-state index in [-0.39, 0.29) is 5.91 Å². The number of carbonyl (C=O) groups is 1. The number of nitrogens with one attached hydrogen (secondary N) is 2.